The highest BCUT2D eigenvalue weighted by Crippen LogP contribution is 2.34. The van der Waals surface area contributed by atoms with Gasteiger partial charge in [-0.25, -0.2) is 0 Å². The van der Waals surface area contributed by atoms with Gasteiger partial charge in [-0.05, 0) is 29.9 Å². The summed E-state index contributed by atoms with van der Waals surface area (Å²) in [5, 5.41) is 13.0. The number of nitrogens with zero attached hydrogens (tertiary/aromatic N) is 1. The fraction of sp³-hybridized carbons (Fsp3) is 0.400. The van der Waals surface area contributed by atoms with Crippen molar-refractivity contribution in [1.29, 1.82) is 0 Å². The van der Waals surface area contributed by atoms with E-state index < -0.39 is 5.60 Å². The lowest BCUT2D eigenvalue weighted by molar-refractivity contribution is 0.0241. The molecule has 1 aromatic heterocycles. The molecule has 0 amide bonds. The lowest BCUT2D eigenvalue weighted by Crippen LogP contribution is -2.24. The van der Waals surface area contributed by atoms with E-state index in [2.05, 4.69) is 18.0 Å². The van der Waals surface area contributed by atoms with Gasteiger partial charge in [-0.15, -0.1) is 0 Å². The van der Waals surface area contributed by atoms with Gasteiger partial charge < -0.3 is 5.11 Å². The fourth-order valence-corrected chi connectivity index (χ4v) is 2.43. The van der Waals surface area contributed by atoms with E-state index in [0.717, 1.165) is 35.6 Å². The van der Waals surface area contributed by atoms with Crippen molar-refractivity contribution in [3.63, 3.8) is 0 Å². The number of rotatable bonds is 4. The summed E-state index contributed by atoms with van der Waals surface area (Å²) in [5.74, 6) is 0. The highest BCUT2D eigenvalue weighted by molar-refractivity contribution is 5.85. The highest BCUT2D eigenvalue weighted by atomic mass is 16.3. The van der Waals surface area contributed by atoms with Crippen LogP contribution in [0.4, 0.5) is 0 Å². The largest absolute Gasteiger partial charge is 0.385 e. The van der Waals surface area contributed by atoms with Gasteiger partial charge in [0.15, 0.2) is 0 Å². The zero-order valence-electron chi connectivity index (χ0n) is 10.5. The first-order valence-electron chi connectivity index (χ1n) is 6.27. The molecule has 2 heteroatoms. The SMILES string of the molecule is CCCC(O)(CC)c1cccc2ccncc12. The van der Waals surface area contributed by atoms with Crippen LogP contribution in [-0.4, -0.2) is 10.1 Å². The number of hydrogen-bond acceptors (Lipinski definition) is 2. The van der Waals surface area contributed by atoms with Gasteiger partial charge in [0.25, 0.3) is 0 Å². The molecule has 1 atom stereocenters. The molecule has 1 N–H and O–H groups in total. The first-order valence-corrected chi connectivity index (χ1v) is 6.27. The average Bonchev–Trinajstić information content (AvgIpc) is 2.38. The molecule has 0 saturated carbocycles. The molecule has 0 saturated heterocycles. The molecule has 0 fully saturated rings. The molecule has 1 heterocycles. The predicted octanol–water partition coefficient (Wildman–Crippen LogP) is 3.63. The van der Waals surface area contributed by atoms with Crippen LogP contribution in [0.1, 0.15) is 38.7 Å². The minimum Gasteiger partial charge on any atom is -0.385 e. The van der Waals surface area contributed by atoms with Crippen molar-refractivity contribution >= 4 is 10.8 Å². The van der Waals surface area contributed by atoms with Gasteiger partial charge in [0.2, 0.25) is 0 Å². The fourth-order valence-electron chi connectivity index (χ4n) is 2.43. The molecule has 1 aromatic carbocycles. The van der Waals surface area contributed by atoms with Gasteiger partial charge in [0.05, 0.1) is 5.60 Å². The summed E-state index contributed by atoms with van der Waals surface area (Å²) in [5.41, 5.74) is 0.282. The van der Waals surface area contributed by atoms with E-state index in [1.807, 2.05) is 31.3 Å². The van der Waals surface area contributed by atoms with Crippen LogP contribution >= 0.6 is 0 Å². The minimum absolute atomic E-state index is 0.725. The molecule has 1 unspecified atom stereocenters. The van der Waals surface area contributed by atoms with Gasteiger partial charge in [0.1, 0.15) is 0 Å². The molecule has 0 radical (unpaired) electrons. The van der Waals surface area contributed by atoms with Crippen molar-refractivity contribution in [2.75, 3.05) is 0 Å². The first-order chi connectivity index (χ1) is 8.21. The normalized spacial score (nSPS) is 14.8. The van der Waals surface area contributed by atoms with E-state index in [1.165, 1.54) is 0 Å². The van der Waals surface area contributed by atoms with E-state index >= 15 is 0 Å². The number of aromatic nitrogens is 1. The smallest absolute Gasteiger partial charge is 0.0900 e. The van der Waals surface area contributed by atoms with Gasteiger partial charge in [-0.1, -0.05) is 38.5 Å². The number of aliphatic hydroxyl groups is 1. The summed E-state index contributed by atoms with van der Waals surface area (Å²) in [7, 11) is 0. The Bertz CT molecular complexity index is 504. The van der Waals surface area contributed by atoms with Gasteiger partial charge >= 0.3 is 0 Å². The van der Waals surface area contributed by atoms with Crippen LogP contribution in [0, 0.1) is 0 Å². The summed E-state index contributed by atoms with van der Waals surface area (Å²) >= 11 is 0. The molecule has 0 aliphatic heterocycles. The number of pyridine rings is 1. The maximum atomic E-state index is 10.8. The third-order valence-corrected chi connectivity index (χ3v) is 3.43. The van der Waals surface area contributed by atoms with Crippen molar-refractivity contribution in [1.82, 2.24) is 4.98 Å². The Balaban J connectivity index is 2.61. The summed E-state index contributed by atoms with van der Waals surface area (Å²) in [6.07, 6.45) is 6.13. The third kappa shape index (κ3) is 2.18. The third-order valence-electron chi connectivity index (χ3n) is 3.43. The van der Waals surface area contributed by atoms with Crippen molar-refractivity contribution in [2.24, 2.45) is 0 Å². The van der Waals surface area contributed by atoms with Crippen molar-refractivity contribution in [3.05, 3.63) is 42.2 Å². The molecule has 2 nitrogen and oxygen atoms in total. The summed E-state index contributed by atoms with van der Waals surface area (Å²) in [4.78, 5) is 4.17. The lowest BCUT2D eigenvalue weighted by atomic mass is 9.84. The highest BCUT2D eigenvalue weighted by Gasteiger charge is 2.27. The zero-order valence-corrected chi connectivity index (χ0v) is 10.5. The van der Waals surface area contributed by atoms with Gasteiger partial charge in [0, 0.05) is 17.8 Å². The molecule has 2 aromatic rings. The molecular weight excluding hydrogens is 210 g/mol. The van der Waals surface area contributed by atoms with Crippen LogP contribution in [0.25, 0.3) is 10.8 Å². The summed E-state index contributed by atoms with van der Waals surface area (Å²) < 4.78 is 0. The first kappa shape index (κ1) is 12.1. The van der Waals surface area contributed by atoms with Crippen molar-refractivity contribution in [3.8, 4) is 0 Å². The van der Waals surface area contributed by atoms with E-state index in [0.29, 0.717) is 0 Å². The number of fused-ring (bicyclic) bond motifs is 1. The molecule has 2 rings (SSSR count). The van der Waals surface area contributed by atoms with E-state index in [4.69, 9.17) is 0 Å². The standard InChI is InChI=1S/C15H19NO/c1-3-9-15(17,4-2)14-7-5-6-12-8-10-16-11-13(12)14/h5-8,10-11,17H,3-4,9H2,1-2H3. The summed E-state index contributed by atoms with van der Waals surface area (Å²) in [6, 6.07) is 8.07. The van der Waals surface area contributed by atoms with Crippen LogP contribution in [0.5, 0.6) is 0 Å². The van der Waals surface area contributed by atoms with Crippen LogP contribution in [0.15, 0.2) is 36.7 Å². The van der Waals surface area contributed by atoms with E-state index in [-0.39, 0.29) is 0 Å². The van der Waals surface area contributed by atoms with Crippen LogP contribution < -0.4 is 0 Å². The van der Waals surface area contributed by atoms with Crippen molar-refractivity contribution in [2.45, 2.75) is 38.7 Å². The monoisotopic (exact) mass is 229 g/mol. The maximum absolute atomic E-state index is 10.8. The van der Waals surface area contributed by atoms with Gasteiger partial charge in [-0.2, -0.15) is 0 Å². The number of hydrogen-bond donors (Lipinski definition) is 1. The van der Waals surface area contributed by atoms with E-state index in [9.17, 15) is 5.11 Å². The Morgan fingerprint density at radius 1 is 1.24 bits per heavy atom. The lowest BCUT2D eigenvalue weighted by Gasteiger charge is -2.28. The Labute approximate surface area is 102 Å². The molecule has 0 aliphatic carbocycles. The Hall–Kier alpha value is -1.41. The van der Waals surface area contributed by atoms with Crippen LogP contribution in [0.2, 0.25) is 0 Å². The topological polar surface area (TPSA) is 33.1 Å². The second-order valence-corrected chi connectivity index (χ2v) is 4.54. The molecule has 0 spiro atoms. The zero-order chi connectivity index (χ0) is 12.3. The Morgan fingerprint density at radius 3 is 2.76 bits per heavy atom. The molecular formula is C15H19NO. The molecule has 17 heavy (non-hydrogen) atoms. The molecule has 90 valence electrons. The molecule has 0 bridgehead atoms. The van der Waals surface area contributed by atoms with Crippen LogP contribution in [-0.2, 0) is 5.60 Å². The minimum atomic E-state index is -0.725. The molecule has 0 aliphatic rings. The Kier molecular flexibility index (Phi) is 3.43. The number of benzene rings is 1. The van der Waals surface area contributed by atoms with Crippen molar-refractivity contribution < 1.29 is 5.11 Å². The predicted molar refractivity (Wildman–Crippen MR) is 70.8 cm³/mol. The second kappa shape index (κ2) is 4.84. The average molecular weight is 229 g/mol. The van der Waals surface area contributed by atoms with Crippen LogP contribution in [0.3, 0.4) is 0 Å². The van der Waals surface area contributed by atoms with Gasteiger partial charge in [-0.3, -0.25) is 4.98 Å². The quantitative estimate of drug-likeness (QED) is 0.868. The summed E-state index contributed by atoms with van der Waals surface area (Å²) in [6.45, 7) is 4.13. The second-order valence-electron chi connectivity index (χ2n) is 4.54. The van der Waals surface area contributed by atoms with E-state index in [1.54, 1.807) is 6.20 Å². The maximum Gasteiger partial charge on any atom is 0.0900 e. The Morgan fingerprint density at radius 2 is 2.06 bits per heavy atom.